The van der Waals surface area contributed by atoms with Crippen molar-refractivity contribution in [2.45, 2.75) is 0 Å². The van der Waals surface area contributed by atoms with Crippen LogP contribution in [0.4, 0.5) is 0 Å². The summed E-state index contributed by atoms with van der Waals surface area (Å²) in [6, 6.07) is 66.4. The van der Waals surface area contributed by atoms with Gasteiger partial charge in [0.25, 0.3) is 0 Å². The highest BCUT2D eigenvalue weighted by atomic mass is 32.1. The Hall–Kier alpha value is -6.75. The fourth-order valence-electron chi connectivity index (χ4n) is 7.25. The van der Waals surface area contributed by atoms with Gasteiger partial charge in [-0.15, -0.1) is 11.3 Å². The topological polar surface area (TPSA) is 38.7 Å². The van der Waals surface area contributed by atoms with E-state index in [0.717, 1.165) is 38.9 Å². The molecule has 0 fully saturated rings. The lowest BCUT2D eigenvalue weighted by molar-refractivity contribution is 1.07. The van der Waals surface area contributed by atoms with Crippen molar-refractivity contribution in [1.29, 1.82) is 0 Å². The molecular formula is C49H31N3S. The molecule has 0 saturated carbocycles. The molecule has 8 aromatic carbocycles. The second kappa shape index (κ2) is 13.1. The van der Waals surface area contributed by atoms with Crippen molar-refractivity contribution >= 4 is 42.3 Å². The van der Waals surface area contributed by atoms with Crippen molar-refractivity contribution < 1.29 is 0 Å². The predicted octanol–water partition coefficient (Wildman–Crippen LogP) is 13.4. The number of benzene rings is 8. The summed E-state index contributed by atoms with van der Waals surface area (Å²) in [5, 5.41) is 5.03. The molecule has 2 heterocycles. The van der Waals surface area contributed by atoms with Crippen molar-refractivity contribution in [2.24, 2.45) is 0 Å². The van der Waals surface area contributed by atoms with E-state index in [2.05, 4.69) is 182 Å². The molecule has 53 heavy (non-hydrogen) atoms. The van der Waals surface area contributed by atoms with E-state index in [0.29, 0.717) is 17.5 Å². The second-order valence-corrected chi connectivity index (χ2v) is 14.3. The first kappa shape index (κ1) is 31.0. The summed E-state index contributed by atoms with van der Waals surface area (Å²) in [6.45, 7) is 0. The maximum Gasteiger partial charge on any atom is 0.164 e. The van der Waals surface area contributed by atoms with Gasteiger partial charge in [0.2, 0.25) is 0 Å². The molecule has 0 amide bonds. The smallest absolute Gasteiger partial charge is 0.164 e. The summed E-state index contributed by atoms with van der Waals surface area (Å²) < 4.78 is 2.58. The summed E-state index contributed by atoms with van der Waals surface area (Å²) >= 11 is 1.84. The number of fused-ring (bicyclic) bond motifs is 4. The number of thiophene rings is 1. The van der Waals surface area contributed by atoms with Crippen LogP contribution in [0.15, 0.2) is 188 Å². The first-order valence-electron chi connectivity index (χ1n) is 17.8. The molecule has 0 unspecified atom stereocenters. The predicted molar refractivity (Wildman–Crippen MR) is 223 cm³/mol. The van der Waals surface area contributed by atoms with Gasteiger partial charge >= 0.3 is 0 Å². The molecule has 248 valence electrons. The Morgan fingerprint density at radius 2 is 0.811 bits per heavy atom. The van der Waals surface area contributed by atoms with Crippen molar-refractivity contribution in [2.75, 3.05) is 0 Å². The van der Waals surface area contributed by atoms with Gasteiger partial charge in [-0.05, 0) is 74.5 Å². The van der Waals surface area contributed by atoms with Crippen LogP contribution in [0.25, 0.3) is 98.5 Å². The third kappa shape index (κ3) is 5.85. The van der Waals surface area contributed by atoms with Crippen LogP contribution in [0.1, 0.15) is 0 Å². The van der Waals surface area contributed by atoms with Gasteiger partial charge in [-0.1, -0.05) is 158 Å². The molecule has 0 N–H and O–H groups in total. The maximum absolute atomic E-state index is 5.15. The fraction of sp³-hybridized carbons (Fsp3) is 0. The van der Waals surface area contributed by atoms with Crippen molar-refractivity contribution in [1.82, 2.24) is 15.0 Å². The van der Waals surface area contributed by atoms with Crippen molar-refractivity contribution in [3.8, 4) is 67.5 Å². The molecule has 4 heteroatoms. The highest BCUT2D eigenvalue weighted by Crippen LogP contribution is 2.40. The van der Waals surface area contributed by atoms with Gasteiger partial charge in [-0.25, -0.2) is 15.0 Å². The number of rotatable bonds is 6. The summed E-state index contributed by atoms with van der Waals surface area (Å²) in [5.41, 5.74) is 9.74. The molecule has 2 aromatic heterocycles. The zero-order valence-corrected chi connectivity index (χ0v) is 29.5. The van der Waals surface area contributed by atoms with E-state index in [-0.39, 0.29) is 0 Å². The zero-order chi connectivity index (χ0) is 35.1. The van der Waals surface area contributed by atoms with Crippen molar-refractivity contribution in [3.05, 3.63) is 188 Å². The van der Waals surface area contributed by atoms with Gasteiger partial charge in [0.1, 0.15) is 0 Å². The Morgan fingerprint density at radius 1 is 0.302 bits per heavy atom. The number of hydrogen-bond acceptors (Lipinski definition) is 4. The summed E-state index contributed by atoms with van der Waals surface area (Å²) in [5.74, 6) is 1.91. The Morgan fingerprint density at radius 3 is 1.60 bits per heavy atom. The van der Waals surface area contributed by atoms with Crippen LogP contribution in [-0.4, -0.2) is 15.0 Å². The largest absolute Gasteiger partial charge is 0.208 e. The molecule has 0 saturated heterocycles. The second-order valence-electron chi connectivity index (χ2n) is 13.3. The van der Waals surface area contributed by atoms with Crippen LogP contribution in [0.2, 0.25) is 0 Å². The Bertz CT molecular complexity index is 2950. The lowest BCUT2D eigenvalue weighted by atomic mass is 9.98. The summed E-state index contributed by atoms with van der Waals surface area (Å²) in [4.78, 5) is 15.4. The van der Waals surface area contributed by atoms with Gasteiger partial charge in [0.15, 0.2) is 17.5 Å². The lowest BCUT2D eigenvalue weighted by Crippen LogP contribution is -2.00. The molecule has 3 nitrogen and oxygen atoms in total. The fourth-order valence-corrected chi connectivity index (χ4v) is 8.39. The summed E-state index contributed by atoms with van der Waals surface area (Å²) in [6.07, 6.45) is 0. The van der Waals surface area contributed by atoms with Crippen molar-refractivity contribution in [3.63, 3.8) is 0 Å². The number of aromatic nitrogens is 3. The minimum atomic E-state index is 0.636. The van der Waals surface area contributed by atoms with E-state index in [9.17, 15) is 0 Å². The molecule has 0 aliphatic rings. The first-order chi connectivity index (χ1) is 26.2. The van der Waals surface area contributed by atoms with Gasteiger partial charge in [-0.2, -0.15) is 0 Å². The van der Waals surface area contributed by atoms with Crippen LogP contribution in [-0.2, 0) is 0 Å². The first-order valence-corrected chi connectivity index (χ1v) is 18.6. The monoisotopic (exact) mass is 693 g/mol. The van der Waals surface area contributed by atoms with E-state index < -0.39 is 0 Å². The van der Waals surface area contributed by atoms with Gasteiger partial charge in [-0.3, -0.25) is 0 Å². The van der Waals surface area contributed by atoms with Crippen LogP contribution in [0.3, 0.4) is 0 Å². The molecule has 0 bridgehead atoms. The molecule has 0 radical (unpaired) electrons. The van der Waals surface area contributed by atoms with Gasteiger partial charge in [0.05, 0.1) is 0 Å². The standard InChI is InChI=1S/C49H31N3S/c1-2-11-32(12-3-1)37-15-8-17-40(30-37)48-50-47(35-26-23-34(24-27-35)38-28-25-33-13-4-5-14-36(33)29-38)51-49(52-48)41-18-9-16-39(31-41)42-20-10-22-45-46(42)43-19-6-7-21-44(43)53-45/h1-31H. The van der Waals surface area contributed by atoms with E-state index in [4.69, 9.17) is 15.0 Å². The Balaban J connectivity index is 1.10. The van der Waals surface area contributed by atoms with Crippen LogP contribution < -0.4 is 0 Å². The number of hydrogen-bond donors (Lipinski definition) is 0. The third-order valence-electron chi connectivity index (χ3n) is 9.92. The quantitative estimate of drug-likeness (QED) is 0.174. The molecule has 0 spiro atoms. The minimum absolute atomic E-state index is 0.636. The zero-order valence-electron chi connectivity index (χ0n) is 28.6. The van der Waals surface area contributed by atoms with E-state index in [1.807, 2.05) is 17.4 Å². The molecule has 0 atom stereocenters. The van der Waals surface area contributed by atoms with E-state index in [1.54, 1.807) is 0 Å². The van der Waals surface area contributed by atoms with Crippen LogP contribution >= 0.6 is 11.3 Å². The highest BCUT2D eigenvalue weighted by molar-refractivity contribution is 7.25. The highest BCUT2D eigenvalue weighted by Gasteiger charge is 2.16. The maximum atomic E-state index is 5.15. The third-order valence-corrected chi connectivity index (χ3v) is 11.1. The van der Waals surface area contributed by atoms with Crippen LogP contribution in [0, 0.1) is 0 Å². The Labute approximate surface area is 311 Å². The SMILES string of the molecule is c1ccc(-c2cccc(-c3nc(-c4ccc(-c5ccc6ccccc6c5)cc4)nc(-c4cccc(-c5cccc6sc7ccccc7c56)c4)n3)c2)cc1. The Kier molecular flexibility index (Phi) is 7.67. The average molecular weight is 694 g/mol. The normalized spacial score (nSPS) is 11.4. The van der Waals surface area contributed by atoms with Crippen LogP contribution in [0.5, 0.6) is 0 Å². The summed E-state index contributed by atoms with van der Waals surface area (Å²) in [7, 11) is 0. The number of nitrogens with zero attached hydrogens (tertiary/aromatic N) is 3. The molecule has 10 rings (SSSR count). The van der Waals surface area contributed by atoms with E-state index >= 15 is 0 Å². The lowest BCUT2D eigenvalue weighted by Gasteiger charge is -2.11. The van der Waals surface area contributed by atoms with Gasteiger partial charge in [0, 0.05) is 36.9 Å². The average Bonchev–Trinajstić information content (AvgIpc) is 3.63. The molecule has 0 aliphatic carbocycles. The minimum Gasteiger partial charge on any atom is -0.208 e. The van der Waals surface area contributed by atoms with Gasteiger partial charge < -0.3 is 0 Å². The molecule has 10 aromatic rings. The van der Waals surface area contributed by atoms with E-state index in [1.165, 1.54) is 42.1 Å². The molecular weight excluding hydrogens is 663 g/mol. The molecule has 0 aliphatic heterocycles.